The summed E-state index contributed by atoms with van der Waals surface area (Å²) in [5.74, 6) is 3.49. The van der Waals surface area contributed by atoms with Crippen LogP contribution in [0.5, 0.6) is 6.01 Å². The molecule has 0 saturated heterocycles. The molecule has 7 rings (SSSR count). The largest absolute Gasteiger partial charge is 0.461 e. The van der Waals surface area contributed by atoms with Gasteiger partial charge in [-0.25, -0.2) is 4.98 Å². The van der Waals surface area contributed by atoms with Crippen molar-refractivity contribution in [3.8, 4) is 6.01 Å². The smallest absolute Gasteiger partial charge is 0.301 e. The maximum atomic E-state index is 13.3. The molecule has 0 amide bonds. The van der Waals surface area contributed by atoms with Crippen molar-refractivity contribution in [2.24, 2.45) is 17.8 Å². The molecule has 150 valence electrons. The van der Waals surface area contributed by atoms with E-state index >= 15 is 0 Å². The number of hydrogen-bond acceptors (Lipinski definition) is 4. The molecule has 6 heteroatoms. The van der Waals surface area contributed by atoms with Crippen molar-refractivity contribution >= 4 is 11.2 Å². The first-order valence-corrected chi connectivity index (χ1v) is 11.3. The van der Waals surface area contributed by atoms with Gasteiger partial charge in [-0.1, -0.05) is 6.92 Å². The molecule has 5 saturated carbocycles. The van der Waals surface area contributed by atoms with Crippen molar-refractivity contribution in [2.45, 2.75) is 89.2 Å². The number of aromatic amines is 1. The minimum atomic E-state index is -0.0206. The number of rotatable bonds is 5. The Morgan fingerprint density at radius 2 is 1.89 bits per heavy atom. The van der Waals surface area contributed by atoms with Crippen LogP contribution in [-0.4, -0.2) is 25.6 Å². The third kappa shape index (κ3) is 2.35. The van der Waals surface area contributed by atoms with Crippen LogP contribution in [0.4, 0.5) is 0 Å². The van der Waals surface area contributed by atoms with Gasteiger partial charge in [-0.2, -0.15) is 4.98 Å². The molecule has 0 radical (unpaired) electrons. The fourth-order valence-corrected chi connectivity index (χ4v) is 7.05. The van der Waals surface area contributed by atoms with Crippen LogP contribution < -0.4 is 10.3 Å². The van der Waals surface area contributed by atoms with Crippen LogP contribution in [0.1, 0.15) is 77.0 Å². The van der Waals surface area contributed by atoms with Crippen LogP contribution in [0.25, 0.3) is 11.2 Å². The third-order valence-corrected chi connectivity index (χ3v) is 8.06. The lowest BCUT2D eigenvalue weighted by atomic mass is 9.75. The second kappa shape index (κ2) is 6.07. The van der Waals surface area contributed by atoms with E-state index in [1.807, 2.05) is 0 Å². The van der Waals surface area contributed by atoms with Crippen molar-refractivity contribution in [1.29, 1.82) is 0 Å². The average Bonchev–Trinajstić information content (AvgIpc) is 3.42. The first-order chi connectivity index (χ1) is 13.7. The molecule has 2 aromatic heterocycles. The maximum absolute atomic E-state index is 13.3. The molecule has 0 spiro atoms. The predicted molar refractivity (Wildman–Crippen MR) is 107 cm³/mol. The van der Waals surface area contributed by atoms with Gasteiger partial charge in [0.1, 0.15) is 11.9 Å². The molecule has 4 bridgehead atoms. The minimum Gasteiger partial charge on any atom is -0.461 e. The van der Waals surface area contributed by atoms with Crippen LogP contribution in [0.15, 0.2) is 4.79 Å². The number of ether oxygens (including phenoxy) is 1. The monoisotopic (exact) mass is 382 g/mol. The van der Waals surface area contributed by atoms with Crippen LogP contribution in [0.2, 0.25) is 0 Å². The van der Waals surface area contributed by atoms with E-state index in [4.69, 9.17) is 14.7 Å². The Balaban J connectivity index is 1.44. The van der Waals surface area contributed by atoms with Crippen LogP contribution >= 0.6 is 0 Å². The molecular formula is C22H30N4O2. The number of nitrogens with one attached hydrogen (secondary N) is 1. The summed E-state index contributed by atoms with van der Waals surface area (Å²) in [7, 11) is 0. The molecule has 5 aliphatic carbocycles. The van der Waals surface area contributed by atoms with E-state index in [1.165, 1.54) is 44.9 Å². The quantitative estimate of drug-likeness (QED) is 0.850. The Bertz CT molecular complexity index is 957. The fourth-order valence-electron chi connectivity index (χ4n) is 7.05. The molecular weight excluding hydrogens is 352 g/mol. The third-order valence-electron chi connectivity index (χ3n) is 8.06. The summed E-state index contributed by atoms with van der Waals surface area (Å²) >= 11 is 0. The number of imidazole rings is 1. The topological polar surface area (TPSA) is 72.8 Å². The van der Waals surface area contributed by atoms with E-state index in [1.54, 1.807) is 4.57 Å². The highest BCUT2D eigenvalue weighted by Gasteiger charge is 2.59. The van der Waals surface area contributed by atoms with Crippen molar-refractivity contribution in [3.63, 3.8) is 0 Å². The number of hydrogen-bond donors (Lipinski definition) is 1. The summed E-state index contributed by atoms with van der Waals surface area (Å²) in [6.45, 7) is 2.72. The van der Waals surface area contributed by atoms with E-state index in [-0.39, 0.29) is 17.1 Å². The molecule has 2 aromatic rings. The fraction of sp³-hybridized carbons (Fsp3) is 0.773. The molecule has 5 aliphatic rings. The van der Waals surface area contributed by atoms with Crippen LogP contribution in [-0.2, 0) is 12.0 Å². The Kier molecular flexibility index (Phi) is 3.70. The lowest BCUT2D eigenvalue weighted by Crippen LogP contribution is -2.29. The van der Waals surface area contributed by atoms with Gasteiger partial charge in [-0.15, -0.1) is 0 Å². The lowest BCUT2D eigenvalue weighted by molar-refractivity contribution is 0.180. The van der Waals surface area contributed by atoms with Crippen LogP contribution in [0, 0.1) is 17.8 Å². The van der Waals surface area contributed by atoms with Gasteiger partial charge < -0.3 is 9.72 Å². The molecule has 5 fully saturated rings. The zero-order valence-corrected chi connectivity index (χ0v) is 16.7. The second-order valence-corrected chi connectivity index (χ2v) is 9.86. The molecule has 2 atom stereocenters. The number of H-pyrrole nitrogens is 1. The Labute approximate surface area is 165 Å². The summed E-state index contributed by atoms with van der Waals surface area (Å²) in [5.41, 5.74) is 1.28. The molecule has 1 N–H and O–H groups in total. The molecule has 28 heavy (non-hydrogen) atoms. The number of nitrogens with zero attached hydrogens (tertiary/aromatic N) is 3. The van der Waals surface area contributed by atoms with E-state index in [0.29, 0.717) is 23.7 Å². The zero-order chi connectivity index (χ0) is 18.9. The second-order valence-electron chi connectivity index (χ2n) is 9.86. The lowest BCUT2D eigenvalue weighted by Gasteiger charge is -2.30. The summed E-state index contributed by atoms with van der Waals surface area (Å²) < 4.78 is 7.91. The summed E-state index contributed by atoms with van der Waals surface area (Å²) in [6, 6.07) is 0.471. The number of aromatic nitrogens is 4. The summed E-state index contributed by atoms with van der Waals surface area (Å²) in [6.07, 6.45) is 12.1. The van der Waals surface area contributed by atoms with Crippen molar-refractivity contribution in [2.75, 3.05) is 0 Å². The normalized spacial score (nSPS) is 34.1. The van der Waals surface area contributed by atoms with Gasteiger partial charge in [0.15, 0.2) is 11.2 Å². The number of fused-ring (bicyclic) bond motifs is 1. The summed E-state index contributed by atoms with van der Waals surface area (Å²) in [4.78, 5) is 26.4. The Morgan fingerprint density at radius 1 is 1.14 bits per heavy atom. The van der Waals surface area contributed by atoms with E-state index in [0.717, 1.165) is 42.8 Å². The van der Waals surface area contributed by atoms with Crippen molar-refractivity contribution in [1.82, 2.24) is 19.5 Å². The van der Waals surface area contributed by atoms with E-state index in [9.17, 15) is 4.79 Å². The molecule has 6 nitrogen and oxygen atoms in total. The standard InChI is InChI=1S/C22H30N4O2/c1-2-7-26-19(27)17-18(25-21(26)28-16-5-3-4-6-16)24-20(23-17)22-11-13-8-14(12-22)10-15(22)9-13/h13-16H,2-12H2,1H3,(H,23,24). The van der Waals surface area contributed by atoms with Gasteiger partial charge in [0.05, 0.1) is 0 Å². The summed E-state index contributed by atoms with van der Waals surface area (Å²) in [5, 5.41) is 0. The van der Waals surface area contributed by atoms with Gasteiger partial charge in [0, 0.05) is 12.0 Å². The van der Waals surface area contributed by atoms with E-state index in [2.05, 4.69) is 11.9 Å². The molecule has 0 aliphatic heterocycles. The van der Waals surface area contributed by atoms with Crippen LogP contribution in [0.3, 0.4) is 0 Å². The maximum Gasteiger partial charge on any atom is 0.301 e. The molecule has 2 unspecified atom stereocenters. The van der Waals surface area contributed by atoms with E-state index < -0.39 is 0 Å². The molecule has 0 aromatic carbocycles. The minimum absolute atomic E-state index is 0.0206. The molecule has 2 heterocycles. The van der Waals surface area contributed by atoms with Crippen molar-refractivity contribution in [3.05, 3.63) is 16.2 Å². The van der Waals surface area contributed by atoms with Gasteiger partial charge in [-0.3, -0.25) is 9.36 Å². The predicted octanol–water partition coefficient (Wildman–Crippen LogP) is 3.93. The first-order valence-electron chi connectivity index (χ1n) is 11.3. The average molecular weight is 383 g/mol. The van der Waals surface area contributed by atoms with Gasteiger partial charge in [0.25, 0.3) is 5.56 Å². The highest BCUT2D eigenvalue weighted by atomic mass is 16.5. The highest BCUT2D eigenvalue weighted by molar-refractivity contribution is 5.70. The highest BCUT2D eigenvalue weighted by Crippen LogP contribution is 2.65. The SMILES string of the molecule is CCCn1c(OC2CCCC2)nc2nc(C34CC5CC(CC3C5)C4)[nH]c2c1=O. The Hall–Kier alpha value is -1.85. The Morgan fingerprint density at radius 3 is 2.61 bits per heavy atom. The van der Waals surface area contributed by atoms with Gasteiger partial charge in [-0.05, 0) is 82.0 Å². The first kappa shape index (κ1) is 17.0. The van der Waals surface area contributed by atoms with Gasteiger partial charge in [0.2, 0.25) is 0 Å². The van der Waals surface area contributed by atoms with Crippen molar-refractivity contribution < 1.29 is 4.74 Å². The zero-order valence-electron chi connectivity index (χ0n) is 16.7. The van der Waals surface area contributed by atoms with Gasteiger partial charge >= 0.3 is 6.01 Å².